The van der Waals surface area contributed by atoms with Gasteiger partial charge in [0.15, 0.2) is 0 Å². The van der Waals surface area contributed by atoms with Crippen LogP contribution in [0.15, 0.2) is 0 Å². The van der Waals surface area contributed by atoms with Crippen molar-refractivity contribution >= 4 is 53.2 Å². The number of unbranched alkanes of at least 4 members (excludes halogenated alkanes) is 8. The average Bonchev–Trinajstić information content (AvgIpc) is 3.17. The molecule has 17 heteroatoms. The molecule has 0 saturated heterocycles. The van der Waals surface area contributed by atoms with Crippen LogP contribution in [-0.4, -0.2) is 128 Å². The number of aliphatic carboxylic acids is 1. The Morgan fingerprint density at radius 3 is 1.48 bits per heavy atom. The van der Waals surface area contributed by atoms with Gasteiger partial charge in [0.1, 0.15) is 17.2 Å². The minimum absolute atomic E-state index is 0.0364. The summed E-state index contributed by atoms with van der Waals surface area (Å²) in [5.74, 6) is -1.28. The van der Waals surface area contributed by atoms with Crippen molar-refractivity contribution in [1.82, 2.24) is 16.0 Å². The van der Waals surface area contributed by atoms with Crippen molar-refractivity contribution in [1.29, 1.82) is 0 Å². The van der Waals surface area contributed by atoms with E-state index < -0.39 is 40.9 Å². The molecule has 0 heterocycles. The van der Waals surface area contributed by atoms with Crippen LogP contribution >= 0.6 is 11.8 Å². The fourth-order valence-corrected chi connectivity index (χ4v) is 6.51. The molecule has 1 atom stereocenters. The lowest BCUT2D eigenvalue weighted by molar-refractivity contribution is -0.162. The van der Waals surface area contributed by atoms with Crippen LogP contribution in [0.1, 0.15) is 157 Å². The van der Waals surface area contributed by atoms with E-state index in [1.54, 1.807) is 41.5 Å². The van der Waals surface area contributed by atoms with E-state index >= 15 is 0 Å². The number of hydrogen-bond donors (Lipinski definition) is 4. The second-order valence-corrected chi connectivity index (χ2v) is 18.1. The highest BCUT2D eigenvalue weighted by atomic mass is 32.2. The first-order chi connectivity index (χ1) is 28.9. The van der Waals surface area contributed by atoms with Gasteiger partial charge in [-0.15, -0.1) is 0 Å². The van der Waals surface area contributed by atoms with Crippen LogP contribution in [0.5, 0.6) is 0 Å². The second-order valence-electron chi connectivity index (χ2n) is 16.9. The number of carbonyl (C=O) groups excluding carboxylic acids is 6. The van der Waals surface area contributed by atoms with Crippen LogP contribution in [0.3, 0.4) is 0 Å². The lowest BCUT2D eigenvalue weighted by Gasteiger charge is -2.24. The quantitative estimate of drug-likeness (QED) is 0.0323. The summed E-state index contributed by atoms with van der Waals surface area (Å²) in [5.41, 5.74) is -1.38. The van der Waals surface area contributed by atoms with Gasteiger partial charge in [0.2, 0.25) is 23.5 Å². The van der Waals surface area contributed by atoms with Crippen molar-refractivity contribution in [2.24, 2.45) is 0 Å². The number of ether oxygens (including phenoxy) is 5. The molecule has 1 unspecified atom stereocenters. The highest BCUT2D eigenvalue weighted by Gasteiger charge is 2.27. The third-order valence-electron chi connectivity index (χ3n) is 8.58. The molecule has 0 saturated carbocycles. The van der Waals surface area contributed by atoms with Gasteiger partial charge in [-0.05, 0) is 98.0 Å². The zero-order valence-electron chi connectivity index (χ0n) is 38.1. The van der Waals surface area contributed by atoms with E-state index in [2.05, 4.69) is 16.0 Å². The van der Waals surface area contributed by atoms with E-state index in [-0.39, 0.29) is 49.8 Å². The maximum absolute atomic E-state index is 12.9. The van der Waals surface area contributed by atoms with Gasteiger partial charge in [-0.25, -0.2) is 9.59 Å². The first-order valence-electron chi connectivity index (χ1n) is 22.2. The molecule has 61 heavy (non-hydrogen) atoms. The summed E-state index contributed by atoms with van der Waals surface area (Å²) >= 11 is 1.95. The number of Topliss-reactive ketones (excluding diaryl/α,β-unsaturated/α-hetero) is 1. The minimum Gasteiger partial charge on any atom is -0.481 e. The number of nitrogens with one attached hydrogen (secondary N) is 3. The van der Waals surface area contributed by atoms with Crippen LogP contribution in [-0.2, 0) is 57.2 Å². The van der Waals surface area contributed by atoms with Gasteiger partial charge < -0.3 is 44.7 Å². The van der Waals surface area contributed by atoms with Gasteiger partial charge in [0, 0.05) is 52.0 Å². The SMILES string of the molecule is CC(C)(C)OC(=O)C(=O)CCCCCCCSCCCCCCCC(=O)NC(CCC(=O)NCCCOCCOCCOCCCNC(=O)CCC(=O)O)C(=O)OC(C)(C)C. The third-order valence-corrected chi connectivity index (χ3v) is 9.74. The molecule has 0 aromatic rings. The molecule has 16 nitrogen and oxygen atoms in total. The Morgan fingerprint density at radius 1 is 0.508 bits per heavy atom. The van der Waals surface area contributed by atoms with E-state index in [1.165, 1.54) is 0 Å². The summed E-state index contributed by atoms with van der Waals surface area (Å²) in [4.78, 5) is 83.7. The number of carboxylic acid groups (broad SMARTS) is 1. The Morgan fingerprint density at radius 2 is 0.967 bits per heavy atom. The number of esters is 2. The number of rotatable bonds is 39. The van der Waals surface area contributed by atoms with Crippen molar-refractivity contribution in [3.05, 3.63) is 0 Å². The second kappa shape index (κ2) is 36.2. The molecule has 0 aliphatic heterocycles. The van der Waals surface area contributed by atoms with Crippen molar-refractivity contribution in [2.45, 2.75) is 174 Å². The first-order valence-corrected chi connectivity index (χ1v) is 23.4. The maximum Gasteiger partial charge on any atom is 0.375 e. The highest BCUT2D eigenvalue weighted by Crippen LogP contribution is 2.15. The van der Waals surface area contributed by atoms with E-state index in [0.29, 0.717) is 78.4 Å². The standard InChI is InChI=1S/C44H79N3O13S/c1-43(2,3)59-41(54)35(21-22-37(49)45-25-17-27-56-29-31-58-32-30-57-28-18-26-46-38(50)23-24-40(52)53)47-39(51)20-14-10-8-12-16-34-61-33-15-11-7-9-13-19-36(48)42(55)60-44(4,5)6/h35H,7-34H2,1-6H3,(H,45,49)(H,46,50)(H,47,51)(H,52,53). The largest absolute Gasteiger partial charge is 0.481 e. The Kier molecular flexibility index (Phi) is 34.3. The fourth-order valence-electron chi connectivity index (χ4n) is 5.49. The van der Waals surface area contributed by atoms with Crippen LogP contribution in [0.2, 0.25) is 0 Å². The lowest BCUT2D eigenvalue weighted by Crippen LogP contribution is -2.44. The van der Waals surface area contributed by atoms with Crippen LogP contribution in [0.25, 0.3) is 0 Å². The van der Waals surface area contributed by atoms with Crippen molar-refractivity contribution in [3.63, 3.8) is 0 Å². The van der Waals surface area contributed by atoms with E-state index in [4.69, 9.17) is 28.8 Å². The molecule has 0 radical (unpaired) electrons. The monoisotopic (exact) mass is 890 g/mol. The van der Waals surface area contributed by atoms with Gasteiger partial charge in [0.05, 0.1) is 32.8 Å². The predicted octanol–water partition coefficient (Wildman–Crippen LogP) is 5.85. The minimum atomic E-state index is -1.00. The summed E-state index contributed by atoms with van der Waals surface area (Å²) in [5, 5.41) is 16.8. The number of carbonyl (C=O) groups is 7. The van der Waals surface area contributed by atoms with Crippen molar-refractivity contribution in [2.75, 3.05) is 64.2 Å². The third kappa shape index (κ3) is 40.5. The molecule has 0 aliphatic carbocycles. The van der Waals surface area contributed by atoms with Crippen LogP contribution in [0.4, 0.5) is 0 Å². The predicted molar refractivity (Wildman–Crippen MR) is 235 cm³/mol. The molecular formula is C44H79N3O13S. The summed E-state index contributed by atoms with van der Waals surface area (Å²) < 4.78 is 27.1. The molecule has 0 bridgehead atoms. The van der Waals surface area contributed by atoms with E-state index in [1.807, 2.05) is 11.8 Å². The Labute approximate surface area is 369 Å². The number of thioether (sulfide) groups is 1. The summed E-state index contributed by atoms with van der Waals surface area (Å²) in [6.07, 6.45) is 11.6. The van der Waals surface area contributed by atoms with Crippen LogP contribution in [0, 0.1) is 0 Å². The van der Waals surface area contributed by atoms with Gasteiger partial charge in [-0.2, -0.15) is 11.8 Å². The first kappa shape index (κ1) is 57.7. The number of amides is 3. The number of carboxylic acids is 1. The molecule has 0 aliphatic rings. The number of hydrogen-bond acceptors (Lipinski definition) is 13. The Balaban J connectivity index is 3.98. The molecular weight excluding hydrogens is 811 g/mol. The average molecular weight is 890 g/mol. The maximum atomic E-state index is 12.9. The molecule has 3 amide bonds. The van der Waals surface area contributed by atoms with Gasteiger partial charge >= 0.3 is 17.9 Å². The summed E-state index contributed by atoms with van der Waals surface area (Å²) in [6, 6.07) is -0.916. The molecule has 4 N–H and O–H groups in total. The summed E-state index contributed by atoms with van der Waals surface area (Å²) in [6.45, 7) is 13.8. The molecule has 0 spiro atoms. The Bertz CT molecular complexity index is 1250. The topological polar surface area (TPSA) is 222 Å². The van der Waals surface area contributed by atoms with Crippen molar-refractivity contribution in [3.8, 4) is 0 Å². The molecule has 0 rings (SSSR count). The normalized spacial score (nSPS) is 12.0. The molecule has 0 aromatic carbocycles. The molecule has 0 fully saturated rings. The fraction of sp³-hybridized carbons (Fsp3) is 0.841. The van der Waals surface area contributed by atoms with Crippen molar-refractivity contribution < 1.29 is 62.4 Å². The smallest absolute Gasteiger partial charge is 0.375 e. The van der Waals surface area contributed by atoms with E-state index in [9.17, 15) is 33.6 Å². The Hall–Kier alpha value is -3.28. The van der Waals surface area contributed by atoms with E-state index in [0.717, 1.165) is 69.3 Å². The summed E-state index contributed by atoms with van der Waals surface area (Å²) in [7, 11) is 0. The zero-order valence-corrected chi connectivity index (χ0v) is 38.9. The molecule has 354 valence electrons. The van der Waals surface area contributed by atoms with Gasteiger partial charge in [0.25, 0.3) is 0 Å². The zero-order chi connectivity index (χ0) is 45.8. The van der Waals surface area contributed by atoms with Crippen LogP contribution < -0.4 is 16.0 Å². The van der Waals surface area contributed by atoms with Gasteiger partial charge in [-0.3, -0.25) is 24.0 Å². The van der Waals surface area contributed by atoms with Gasteiger partial charge in [-0.1, -0.05) is 38.5 Å². The lowest BCUT2D eigenvalue weighted by atomic mass is 10.1. The number of ketones is 1. The highest BCUT2D eigenvalue weighted by molar-refractivity contribution is 7.99. The molecule has 0 aromatic heterocycles.